The van der Waals surface area contributed by atoms with Crippen LogP contribution >= 0.6 is 0 Å². The highest BCUT2D eigenvalue weighted by molar-refractivity contribution is 5.74. The molecule has 0 aliphatic carbocycles. The van der Waals surface area contributed by atoms with Crippen LogP contribution in [-0.4, -0.2) is 27.0 Å². The Balaban J connectivity index is 2.07. The molecule has 17 heavy (non-hydrogen) atoms. The van der Waals surface area contributed by atoms with E-state index in [1.54, 1.807) is 6.20 Å². The van der Waals surface area contributed by atoms with E-state index < -0.39 is 0 Å². The van der Waals surface area contributed by atoms with E-state index in [1.807, 2.05) is 6.07 Å². The number of rotatable bonds is 3. The number of hydrogen-bond acceptors (Lipinski definition) is 3. The lowest BCUT2D eigenvalue weighted by atomic mass is 10.1. The summed E-state index contributed by atoms with van der Waals surface area (Å²) >= 11 is 0. The zero-order chi connectivity index (χ0) is 12.5. The van der Waals surface area contributed by atoms with Gasteiger partial charge < -0.3 is 10.3 Å². The monoisotopic (exact) mass is 232 g/mol. The second-order valence-corrected chi connectivity index (χ2v) is 5.44. The zero-order valence-electron chi connectivity index (χ0n) is 11.0. The second kappa shape index (κ2) is 4.45. The summed E-state index contributed by atoms with van der Waals surface area (Å²) in [5.41, 5.74) is 3.21. The van der Waals surface area contributed by atoms with E-state index in [0.29, 0.717) is 0 Å². The van der Waals surface area contributed by atoms with Gasteiger partial charge >= 0.3 is 0 Å². The number of fused-ring (bicyclic) bond motifs is 1. The Bertz CT molecular complexity index is 508. The molecule has 0 atom stereocenters. The number of H-pyrrole nitrogens is 1. The van der Waals surface area contributed by atoms with Crippen molar-refractivity contribution in [3.8, 4) is 0 Å². The molecule has 92 valence electrons. The van der Waals surface area contributed by atoms with Crippen LogP contribution in [0.2, 0.25) is 0 Å². The van der Waals surface area contributed by atoms with E-state index in [-0.39, 0.29) is 5.54 Å². The molecule has 2 N–H and O–H groups in total. The normalized spacial score (nSPS) is 12.2. The molecular formula is C13H20N4. The lowest BCUT2D eigenvalue weighted by molar-refractivity contribution is 0.428. The highest BCUT2D eigenvalue weighted by atomic mass is 15.0. The van der Waals surface area contributed by atoms with Gasteiger partial charge in [0.15, 0.2) is 5.65 Å². The van der Waals surface area contributed by atoms with Gasteiger partial charge in [0.1, 0.15) is 5.82 Å². The summed E-state index contributed by atoms with van der Waals surface area (Å²) in [5.74, 6) is 0.999. The summed E-state index contributed by atoms with van der Waals surface area (Å²) in [6.07, 6.45) is 2.70. The van der Waals surface area contributed by atoms with Crippen LogP contribution in [0.15, 0.2) is 12.3 Å². The molecule has 0 saturated heterocycles. The van der Waals surface area contributed by atoms with Crippen LogP contribution in [0.1, 0.15) is 32.2 Å². The molecule has 4 nitrogen and oxygen atoms in total. The predicted molar refractivity (Wildman–Crippen MR) is 70.1 cm³/mol. The zero-order valence-corrected chi connectivity index (χ0v) is 11.0. The predicted octanol–water partition coefficient (Wildman–Crippen LogP) is 2.20. The minimum atomic E-state index is 0.153. The van der Waals surface area contributed by atoms with Crippen LogP contribution in [0, 0.1) is 6.92 Å². The van der Waals surface area contributed by atoms with Crippen molar-refractivity contribution in [2.24, 2.45) is 0 Å². The summed E-state index contributed by atoms with van der Waals surface area (Å²) in [7, 11) is 0. The van der Waals surface area contributed by atoms with Crippen LogP contribution in [0.5, 0.6) is 0 Å². The van der Waals surface area contributed by atoms with E-state index in [9.17, 15) is 0 Å². The third-order valence-corrected chi connectivity index (χ3v) is 2.67. The molecule has 2 aromatic heterocycles. The summed E-state index contributed by atoms with van der Waals surface area (Å²) in [6.45, 7) is 9.48. The van der Waals surface area contributed by atoms with E-state index in [1.165, 1.54) is 5.56 Å². The maximum Gasteiger partial charge on any atom is 0.177 e. The van der Waals surface area contributed by atoms with Crippen LogP contribution in [0.3, 0.4) is 0 Å². The lowest BCUT2D eigenvalue weighted by Crippen LogP contribution is -2.37. The van der Waals surface area contributed by atoms with Crippen LogP contribution in [-0.2, 0) is 6.42 Å². The summed E-state index contributed by atoms with van der Waals surface area (Å²) < 4.78 is 0. The molecule has 0 radical (unpaired) electrons. The molecule has 0 aliphatic heterocycles. The lowest BCUT2D eigenvalue weighted by Gasteiger charge is -2.19. The Morgan fingerprint density at radius 3 is 2.76 bits per heavy atom. The van der Waals surface area contributed by atoms with Crippen molar-refractivity contribution in [3.63, 3.8) is 0 Å². The maximum atomic E-state index is 4.49. The molecule has 0 saturated carbocycles. The quantitative estimate of drug-likeness (QED) is 0.853. The molecule has 2 rings (SSSR count). The number of nitrogens with zero attached hydrogens (tertiary/aromatic N) is 2. The van der Waals surface area contributed by atoms with E-state index >= 15 is 0 Å². The first-order valence-electron chi connectivity index (χ1n) is 6.01. The van der Waals surface area contributed by atoms with Gasteiger partial charge in [0, 0.05) is 24.7 Å². The average molecular weight is 232 g/mol. The van der Waals surface area contributed by atoms with Crippen molar-refractivity contribution >= 4 is 11.2 Å². The van der Waals surface area contributed by atoms with Crippen molar-refractivity contribution in [1.29, 1.82) is 0 Å². The molecule has 2 heterocycles. The standard InChI is InChI=1S/C13H20N4/c1-9-5-7-14-12-11(9)16-10(17-12)6-8-15-13(2,3)4/h5,7,15H,6,8H2,1-4H3,(H,14,16,17). The first-order chi connectivity index (χ1) is 7.96. The van der Waals surface area contributed by atoms with Crippen molar-refractivity contribution in [3.05, 3.63) is 23.7 Å². The highest BCUT2D eigenvalue weighted by Crippen LogP contribution is 2.13. The number of aromatic amines is 1. The largest absolute Gasteiger partial charge is 0.340 e. The van der Waals surface area contributed by atoms with Crippen molar-refractivity contribution in [1.82, 2.24) is 20.3 Å². The fraction of sp³-hybridized carbons (Fsp3) is 0.538. The van der Waals surface area contributed by atoms with Gasteiger partial charge in [-0.25, -0.2) is 9.97 Å². The third kappa shape index (κ3) is 3.03. The van der Waals surface area contributed by atoms with Gasteiger partial charge in [-0.2, -0.15) is 0 Å². The SMILES string of the molecule is Cc1ccnc2nc(CCNC(C)(C)C)[nH]c12. The van der Waals surface area contributed by atoms with Crippen LogP contribution < -0.4 is 5.32 Å². The molecule has 0 aliphatic rings. The fourth-order valence-electron chi connectivity index (χ4n) is 1.76. The fourth-order valence-corrected chi connectivity index (χ4v) is 1.76. The van der Waals surface area contributed by atoms with E-state index in [0.717, 1.165) is 30.0 Å². The topological polar surface area (TPSA) is 53.6 Å². The summed E-state index contributed by atoms with van der Waals surface area (Å²) in [6, 6.07) is 2.00. The minimum Gasteiger partial charge on any atom is -0.340 e. The molecule has 0 spiro atoms. The van der Waals surface area contributed by atoms with Crippen molar-refractivity contribution in [2.75, 3.05) is 6.54 Å². The molecule has 0 fully saturated rings. The Morgan fingerprint density at radius 2 is 2.12 bits per heavy atom. The number of imidazole rings is 1. The number of hydrogen-bond donors (Lipinski definition) is 2. The summed E-state index contributed by atoms with van der Waals surface area (Å²) in [5, 5.41) is 3.45. The molecule has 2 aromatic rings. The number of pyridine rings is 1. The van der Waals surface area contributed by atoms with Gasteiger partial charge in [0.2, 0.25) is 0 Å². The van der Waals surface area contributed by atoms with Gasteiger partial charge in [-0.05, 0) is 39.3 Å². The first kappa shape index (κ1) is 12.0. The maximum absolute atomic E-state index is 4.49. The van der Waals surface area contributed by atoms with Gasteiger partial charge in [-0.15, -0.1) is 0 Å². The van der Waals surface area contributed by atoms with Crippen molar-refractivity contribution < 1.29 is 0 Å². The summed E-state index contributed by atoms with van der Waals surface area (Å²) in [4.78, 5) is 12.1. The number of nitrogens with one attached hydrogen (secondary N) is 2. The van der Waals surface area contributed by atoms with Crippen LogP contribution in [0.25, 0.3) is 11.2 Å². The molecule has 0 bridgehead atoms. The Morgan fingerprint density at radius 1 is 1.35 bits per heavy atom. The Labute approximate surface area is 102 Å². The van der Waals surface area contributed by atoms with E-state index in [2.05, 4.69) is 48.0 Å². The van der Waals surface area contributed by atoms with Crippen molar-refractivity contribution in [2.45, 2.75) is 39.7 Å². The Kier molecular flexibility index (Phi) is 3.15. The Hall–Kier alpha value is -1.42. The molecule has 4 heteroatoms. The molecule has 0 aromatic carbocycles. The number of aryl methyl sites for hydroxylation is 1. The van der Waals surface area contributed by atoms with Gasteiger partial charge in [0.05, 0.1) is 5.52 Å². The second-order valence-electron chi connectivity index (χ2n) is 5.44. The molecule has 0 unspecified atom stereocenters. The van der Waals surface area contributed by atoms with Crippen LogP contribution in [0.4, 0.5) is 0 Å². The smallest absolute Gasteiger partial charge is 0.177 e. The van der Waals surface area contributed by atoms with Gasteiger partial charge in [-0.3, -0.25) is 0 Å². The first-order valence-corrected chi connectivity index (χ1v) is 6.01. The molecular weight excluding hydrogens is 212 g/mol. The third-order valence-electron chi connectivity index (χ3n) is 2.67. The van der Waals surface area contributed by atoms with E-state index in [4.69, 9.17) is 0 Å². The highest BCUT2D eigenvalue weighted by Gasteiger charge is 2.09. The van der Waals surface area contributed by atoms with Gasteiger partial charge in [0.25, 0.3) is 0 Å². The average Bonchev–Trinajstić information content (AvgIpc) is 2.60. The number of aromatic nitrogens is 3. The molecule has 0 amide bonds. The van der Waals surface area contributed by atoms with Gasteiger partial charge in [-0.1, -0.05) is 0 Å². The minimum absolute atomic E-state index is 0.153.